The van der Waals surface area contributed by atoms with Crippen LogP contribution in [0.4, 0.5) is 5.82 Å². The van der Waals surface area contributed by atoms with Gasteiger partial charge >= 0.3 is 0 Å². The van der Waals surface area contributed by atoms with Gasteiger partial charge in [-0.2, -0.15) is 0 Å². The third kappa shape index (κ3) is 2.59. The fourth-order valence-electron chi connectivity index (χ4n) is 3.59. The Morgan fingerprint density at radius 2 is 1.77 bits per heavy atom. The van der Waals surface area contributed by atoms with Crippen LogP contribution < -0.4 is 4.90 Å². The van der Waals surface area contributed by atoms with Crippen LogP contribution in [-0.2, 0) is 13.0 Å². The molecule has 0 bridgehead atoms. The van der Waals surface area contributed by atoms with Gasteiger partial charge in [-0.15, -0.1) is 0 Å². The summed E-state index contributed by atoms with van der Waals surface area (Å²) in [6.07, 6.45) is 0.839. The standard InChI is InChI=1S/C21H15Cl2N3/c22-14-6-7-15-19(11-14)24-18-9-10-26(12-16(18)21(15)23)20-8-5-13-3-1-2-4-17(13)25-20/h1-8,11H,9-10,12H2. The minimum absolute atomic E-state index is 0.679. The summed E-state index contributed by atoms with van der Waals surface area (Å²) in [5.41, 5.74) is 4.01. The van der Waals surface area contributed by atoms with Gasteiger partial charge in [0.2, 0.25) is 0 Å². The lowest BCUT2D eigenvalue weighted by molar-refractivity contribution is 0.708. The number of rotatable bonds is 1. The van der Waals surface area contributed by atoms with Crippen LogP contribution in [0.1, 0.15) is 11.3 Å². The Balaban J connectivity index is 1.57. The maximum absolute atomic E-state index is 6.73. The van der Waals surface area contributed by atoms with Crippen molar-refractivity contribution in [2.45, 2.75) is 13.0 Å². The zero-order valence-corrected chi connectivity index (χ0v) is 15.4. The second-order valence-corrected chi connectivity index (χ2v) is 7.36. The quantitative estimate of drug-likeness (QED) is 0.427. The van der Waals surface area contributed by atoms with Crippen LogP contribution in [0.3, 0.4) is 0 Å². The van der Waals surface area contributed by atoms with Gasteiger partial charge in [-0.1, -0.05) is 41.4 Å². The summed E-state index contributed by atoms with van der Waals surface area (Å²) >= 11 is 12.8. The number of benzene rings is 2. The maximum Gasteiger partial charge on any atom is 0.129 e. The Bertz CT molecular complexity index is 1160. The van der Waals surface area contributed by atoms with E-state index < -0.39 is 0 Å². The predicted octanol–water partition coefficient (Wildman–Crippen LogP) is 5.65. The fraction of sp³-hybridized carbons (Fsp3) is 0.143. The van der Waals surface area contributed by atoms with Crippen molar-refractivity contribution in [3.63, 3.8) is 0 Å². The molecule has 2 aromatic heterocycles. The summed E-state index contributed by atoms with van der Waals surface area (Å²) in [6, 6.07) is 18.0. The van der Waals surface area contributed by atoms with E-state index in [1.807, 2.05) is 36.4 Å². The maximum atomic E-state index is 6.73. The predicted molar refractivity (Wildman–Crippen MR) is 108 cm³/mol. The van der Waals surface area contributed by atoms with E-state index in [9.17, 15) is 0 Å². The largest absolute Gasteiger partial charge is 0.352 e. The van der Waals surface area contributed by atoms with Gasteiger partial charge < -0.3 is 4.90 Å². The molecule has 0 aliphatic carbocycles. The van der Waals surface area contributed by atoms with Crippen LogP contribution in [0.5, 0.6) is 0 Å². The minimum Gasteiger partial charge on any atom is -0.352 e. The summed E-state index contributed by atoms with van der Waals surface area (Å²) in [6.45, 7) is 1.58. The first-order valence-corrected chi connectivity index (χ1v) is 9.32. The van der Waals surface area contributed by atoms with Crippen molar-refractivity contribution in [1.29, 1.82) is 0 Å². The third-order valence-electron chi connectivity index (χ3n) is 4.94. The topological polar surface area (TPSA) is 29.0 Å². The lowest BCUT2D eigenvalue weighted by Gasteiger charge is -2.30. The molecule has 128 valence electrons. The summed E-state index contributed by atoms with van der Waals surface area (Å²) in [7, 11) is 0. The molecule has 2 aromatic carbocycles. The molecule has 0 saturated heterocycles. The van der Waals surface area contributed by atoms with Crippen molar-refractivity contribution in [3.05, 3.63) is 75.9 Å². The summed E-state index contributed by atoms with van der Waals surface area (Å²) in [5, 5.41) is 3.55. The molecule has 0 fully saturated rings. The molecule has 0 unspecified atom stereocenters. The Morgan fingerprint density at radius 1 is 0.885 bits per heavy atom. The number of nitrogens with zero attached hydrogens (tertiary/aromatic N) is 3. The molecular formula is C21H15Cl2N3. The Hall–Kier alpha value is -2.36. The molecular weight excluding hydrogens is 365 g/mol. The first-order chi connectivity index (χ1) is 12.7. The van der Waals surface area contributed by atoms with E-state index in [1.54, 1.807) is 0 Å². The zero-order chi connectivity index (χ0) is 17.7. The Labute approximate surface area is 161 Å². The number of fused-ring (bicyclic) bond motifs is 3. The molecule has 3 nitrogen and oxygen atoms in total. The second kappa shape index (κ2) is 6.11. The van der Waals surface area contributed by atoms with Gasteiger partial charge in [-0.25, -0.2) is 4.98 Å². The van der Waals surface area contributed by atoms with Gasteiger partial charge in [0.15, 0.2) is 0 Å². The van der Waals surface area contributed by atoms with Crippen LogP contribution in [0.25, 0.3) is 21.8 Å². The molecule has 0 saturated carbocycles. The molecule has 0 spiro atoms. The first kappa shape index (κ1) is 15.9. The monoisotopic (exact) mass is 379 g/mol. The third-order valence-corrected chi connectivity index (χ3v) is 5.61. The van der Waals surface area contributed by atoms with Crippen molar-refractivity contribution < 1.29 is 0 Å². The molecule has 5 rings (SSSR count). The number of para-hydroxylation sites is 1. The van der Waals surface area contributed by atoms with Crippen LogP contribution in [0, 0.1) is 0 Å². The summed E-state index contributed by atoms with van der Waals surface area (Å²) < 4.78 is 0. The van der Waals surface area contributed by atoms with Gasteiger partial charge in [0.05, 0.1) is 16.1 Å². The minimum atomic E-state index is 0.679. The van der Waals surface area contributed by atoms with E-state index in [2.05, 4.69) is 23.1 Å². The summed E-state index contributed by atoms with van der Waals surface area (Å²) in [4.78, 5) is 11.9. The fourth-order valence-corrected chi connectivity index (χ4v) is 4.09. The molecule has 3 heterocycles. The normalized spacial score (nSPS) is 14.0. The SMILES string of the molecule is Clc1ccc2c(Cl)c3c(nc2c1)CCN(c1ccc2ccccc2n1)C3. The van der Waals surface area contributed by atoms with Crippen LogP contribution in [-0.4, -0.2) is 16.5 Å². The lowest BCUT2D eigenvalue weighted by Crippen LogP contribution is -2.31. The van der Waals surface area contributed by atoms with Crippen LogP contribution >= 0.6 is 23.2 Å². The average Bonchev–Trinajstić information content (AvgIpc) is 2.67. The van der Waals surface area contributed by atoms with E-state index in [4.69, 9.17) is 33.2 Å². The van der Waals surface area contributed by atoms with Crippen molar-refractivity contribution in [1.82, 2.24) is 9.97 Å². The highest BCUT2D eigenvalue weighted by Crippen LogP contribution is 2.34. The smallest absolute Gasteiger partial charge is 0.129 e. The summed E-state index contributed by atoms with van der Waals surface area (Å²) in [5.74, 6) is 0.974. The number of hydrogen-bond donors (Lipinski definition) is 0. The lowest BCUT2D eigenvalue weighted by atomic mass is 10.0. The van der Waals surface area contributed by atoms with Crippen molar-refractivity contribution in [2.24, 2.45) is 0 Å². The number of hydrogen-bond acceptors (Lipinski definition) is 3. The Morgan fingerprint density at radius 3 is 2.69 bits per heavy atom. The van der Waals surface area contributed by atoms with Crippen molar-refractivity contribution >= 4 is 50.8 Å². The molecule has 1 aliphatic heterocycles. The van der Waals surface area contributed by atoms with Gasteiger partial charge in [0.25, 0.3) is 0 Å². The van der Waals surface area contributed by atoms with Crippen molar-refractivity contribution in [3.8, 4) is 0 Å². The van der Waals surface area contributed by atoms with E-state index in [1.165, 1.54) is 0 Å². The molecule has 0 atom stereocenters. The Kier molecular flexibility index (Phi) is 3.73. The zero-order valence-electron chi connectivity index (χ0n) is 13.9. The molecule has 5 heteroatoms. The molecule has 0 radical (unpaired) electrons. The first-order valence-electron chi connectivity index (χ1n) is 8.56. The highest BCUT2D eigenvalue weighted by atomic mass is 35.5. The number of aromatic nitrogens is 2. The molecule has 26 heavy (non-hydrogen) atoms. The number of pyridine rings is 2. The number of anilines is 1. The van der Waals surface area contributed by atoms with Gasteiger partial charge in [0.1, 0.15) is 5.82 Å². The van der Waals surface area contributed by atoms with E-state index >= 15 is 0 Å². The highest BCUT2D eigenvalue weighted by Gasteiger charge is 2.23. The van der Waals surface area contributed by atoms with Crippen LogP contribution in [0.15, 0.2) is 54.6 Å². The van der Waals surface area contributed by atoms with Gasteiger partial charge in [-0.05, 0) is 36.4 Å². The van der Waals surface area contributed by atoms with Gasteiger partial charge in [0, 0.05) is 46.6 Å². The number of halogens is 2. The van der Waals surface area contributed by atoms with E-state index in [0.717, 1.165) is 56.9 Å². The van der Waals surface area contributed by atoms with E-state index in [-0.39, 0.29) is 0 Å². The molecule has 0 N–H and O–H groups in total. The second-order valence-electron chi connectivity index (χ2n) is 6.55. The van der Waals surface area contributed by atoms with Crippen molar-refractivity contribution in [2.75, 3.05) is 11.4 Å². The molecule has 4 aromatic rings. The average molecular weight is 380 g/mol. The van der Waals surface area contributed by atoms with Gasteiger partial charge in [-0.3, -0.25) is 4.98 Å². The highest BCUT2D eigenvalue weighted by molar-refractivity contribution is 6.37. The van der Waals surface area contributed by atoms with E-state index in [0.29, 0.717) is 11.6 Å². The molecule has 0 amide bonds. The molecule has 1 aliphatic rings. The van der Waals surface area contributed by atoms with Crippen LogP contribution in [0.2, 0.25) is 10.0 Å².